The molecule has 1 aromatic carbocycles. The normalized spacial score (nSPS) is 14.6. The van der Waals surface area contributed by atoms with Crippen molar-refractivity contribution >= 4 is 31.2 Å². The number of amides is 1. The van der Waals surface area contributed by atoms with Gasteiger partial charge in [-0.1, -0.05) is 39.0 Å². The molecule has 0 radical (unpaired) electrons. The lowest BCUT2D eigenvalue weighted by molar-refractivity contribution is -0.115. The van der Waals surface area contributed by atoms with Crippen LogP contribution in [0.15, 0.2) is 43.0 Å². The number of fused-ring (bicyclic) bond motifs is 1. The van der Waals surface area contributed by atoms with Crippen molar-refractivity contribution in [2.45, 2.75) is 64.3 Å². The van der Waals surface area contributed by atoms with E-state index in [0.717, 1.165) is 18.1 Å². The van der Waals surface area contributed by atoms with Gasteiger partial charge in [-0.05, 0) is 37.2 Å². The lowest BCUT2D eigenvalue weighted by Gasteiger charge is -2.36. The average Bonchev–Trinajstić information content (AvgIpc) is 3.34. The number of rotatable bonds is 13. The summed E-state index contributed by atoms with van der Waals surface area (Å²) in [6.45, 7) is 6.82. The van der Waals surface area contributed by atoms with Gasteiger partial charge in [0.05, 0.1) is 12.9 Å². The summed E-state index contributed by atoms with van der Waals surface area (Å²) in [5.41, 5.74) is 1.31. The van der Waals surface area contributed by atoms with E-state index in [1.165, 1.54) is 12.7 Å². The van der Waals surface area contributed by atoms with Crippen LogP contribution in [0.2, 0.25) is 18.1 Å². The zero-order valence-electron chi connectivity index (χ0n) is 20.6. The number of aliphatic hydroxyl groups is 1. The van der Waals surface area contributed by atoms with E-state index in [1.54, 1.807) is 35.8 Å². The number of halogens is 1. The number of anilines is 1. The SMILES string of the molecule is CC[Si](CC)(CC)O[C@@H](CF)[C@@H](CO)OC(C)n1cnc2c(NC(=O)c3ccccc3)ncnc21. The third-order valence-electron chi connectivity index (χ3n) is 6.47. The number of hydrogen-bond acceptors (Lipinski definition) is 7. The van der Waals surface area contributed by atoms with E-state index in [1.807, 2.05) is 6.07 Å². The zero-order chi connectivity index (χ0) is 25.4. The molecule has 0 spiro atoms. The first-order valence-electron chi connectivity index (χ1n) is 12.0. The van der Waals surface area contributed by atoms with E-state index >= 15 is 0 Å². The Labute approximate surface area is 205 Å². The summed E-state index contributed by atoms with van der Waals surface area (Å²) >= 11 is 0. The molecule has 9 nitrogen and oxygen atoms in total. The minimum Gasteiger partial charge on any atom is -0.409 e. The molecule has 1 unspecified atom stereocenters. The first-order valence-corrected chi connectivity index (χ1v) is 14.5. The second kappa shape index (κ2) is 12.3. The molecule has 1 amide bonds. The Morgan fingerprint density at radius 1 is 1.11 bits per heavy atom. The van der Waals surface area contributed by atoms with E-state index in [2.05, 4.69) is 41.0 Å². The van der Waals surface area contributed by atoms with Crippen LogP contribution in [0.5, 0.6) is 0 Å². The molecule has 2 aromatic heterocycles. The molecule has 0 bridgehead atoms. The second-order valence-corrected chi connectivity index (χ2v) is 13.1. The molecule has 190 valence electrons. The van der Waals surface area contributed by atoms with Gasteiger partial charge in [-0.15, -0.1) is 0 Å². The highest BCUT2D eigenvalue weighted by atomic mass is 28.4. The molecule has 0 saturated heterocycles. The first kappa shape index (κ1) is 26.9. The summed E-state index contributed by atoms with van der Waals surface area (Å²) < 4.78 is 28.0. The average molecular weight is 504 g/mol. The molecular formula is C24H34FN5O4Si. The van der Waals surface area contributed by atoms with Crippen LogP contribution >= 0.6 is 0 Å². The molecule has 2 heterocycles. The van der Waals surface area contributed by atoms with E-state index in [0.29, 0.717) is 16.7 Å². The van der Waals surface area contributed by atoms with Crippen LogP contribution in [0.1, 0.15) is 44.3 Å². The lowest BCUT2D eigenvalue weighted by atomic mass is 10.2. The number of nitrogens with zero attached hydrogens (tertiary/aromatic N) is 4. The van der Waals surface area contributed by atoms with Gasteiger partial charge < -0.3 is 19.6 Å². The Morgan fingerprint density at radius 2 is 1.80 bits per heavy atom. The van der Waals surface area contributed by atoms with Gasteiger partial charge in [0, 0.05) is 5.56 Å². The van der Waals surface area contributed by atoms with Gasteiger partial charge in [-0.3, -0.25) is 9.36 Å². The number of alkyl halides is 1. The maximum absolute atomic E-state index is 14.0. The molecule has 0 aliphatic carbocycles. The number of carbonyl (C=O) groups is 1. The molecule has 3 aromatic rings. The molecule has 3 rings (SSSR count). The van der Waals surface area contributed by atoms with Gasteiger partial charge in [0.1, 0.15) is 31.4 Å². The van der Waals surface area contributed by atoms with Crippen LogP contribution in [0.4, 0.5) is 10.2 Å². The Morgan fingerprint density at radius 3 is 2.40 bits per heavy atom. The predicted octanol–water partition coefficient (Wildman–Crippen LogP) is 4.33. The van der Waals surface area contributed by atoms with Gasteiger partial charge in [0.25, 0.3) is 5.91 Å². The number of ether oxygens (including phenoxy) is 1. The Hall–Kier alpha value is -2.73. The molecular weight excluding hydrogens is 469 g/mol. The lowest BCUT2D eigenvalue weighted by Crippen LogP contribution is -2.47. The van der Waals surface area contributed by atoms with E-state index in [-0.39, 0.29) is 18.3 Å². The number of aromatic nitrogens is 4. The molecule has 11 heteroatoms. The van der Waals surface area contributed by atoms with Crippen molar-refractivity contribution in [1.29, 1.82) is 0 Å². The van der Waals surface area contributed by atoms with Crippen molar-refractivity contribution in [2.75, 3.05) is 18.6 Å². The van der Waals surface area contributed by atoms with E-state index in [9.17, 15) is 14.3 Å². The summed E-state index contributed by atoms with van der Waals surface area (Å²) in [6, 6.07) is 11.4. The van der Waals surface area contributed by atoms with Crippen molar-refractivity contribution in [3.63, 3.8) is 0 Å². The third-order valence-corrected chi connectivity index (χ3v) is 11.1. The minimum absolute atomic E-state index is 0.267. The third kappa shape index (κ3) is 6.10. The van der Waals surface area contributed by atoms with Crippen LogP contribution < -0.4 is 5.32 Å². The fraction of sp³-hybridized carbons (Fsp3) is 0.500. The quantitative estimate of drug-likeness (QED) is 0.334. The van der Waals surface area contributed by atoms with Crippen LogP contribution in [-0.4, -0.2) is 64.3 Å². The minimum atomic E-state index is -2.10. The monoisotopic (exact) mass is 503 g/mol. The number of hydrogen-bond donors (Lipinski definition) is 2. The highest BCUT2D eigenvalue weighted by Gasteiger charge is 2.36. The molecule has 35 heavy (non-hydrogen) atoms. The number of benzene rings is 1. The highest BCUT2D eigenvalue weighted by molar-refractivity contribution is 6.73. The van der Waals surface area contributed by atoms with Crippen LogP contribution in [0, 0.1) is 0 Å². The zero-order valence-corrected chi connectivity index (χ0v) is 21.6. The first-order chi connectivity index (χ1) is 16.9. The van der Waals surface area contributed by atoms with Crippen LogP contribution in [0.25, 0.3) is 11.2 Å². The predicted molar refractivity (Wildman–Crippen MR) is 134 cm³/mol. The van der Waals surface area contributed by atoms with Gasteiger partial charge in [0.2, 0.25) is 0 Å². The standard InChI is InChI=1S/C24H34FN5O4Si/c1-5-35(6-2,7-3)34-19(13-25)20(14-31)33-17(4)30-16-28-21-22(26-15-27-23(21)30)29-24(32)18-11-9-8-10-12-18/h8-12,15-17,19-20,31H,5-7,13-14H2,1-4H3,(H,26,27,29,32)/t17?,19-,20+/m0/s1. The number of aliphatic hydroxyl groups excluding tert-OH is 1. The van der Waals surface area contributed by atoms with Crippen molar-refractivity contribution in [3.8, 4) is 0 Å². The van der Waals surface area contributed by atoms with Gasteiger partial charge in [0.15, 0.2) is 25.3 Å². The number of nitrogens with one attached hydrogen (secondary N) is 1. The van der Waals surface area contributed by atoms with Crippen LogP contribution in [0.3, 0.4) is 0 Å². The molecule has 0 saturated carbocycles. The molecule has 2 N–H and O–H groups in total. The smallest absolute Gasteiger partial charge is 0.256 e. The summed E-state index contributed by atoms with van der Waals surface area (Å²) in [5.74, 6) is -0.0498. The van der Waals surface area contributed by atoms with E-state index in [4.69, 9.17) is 9.16 Å². The second-order valence-electron chi connectivity index (χ2n) is 8.38. The fourth-order valence-electron chi connectivity index (χ4n) is 4.07. The fourth-order valence-corrected chi connectivity index (χ4v) is 6.93. The Kier molecular flexibility index (Phi) is 9.44. The van der Waals surface area contributed by atoms with Crippen molar-refractivity contribution < 1.29 is 23.5 Å². The van der Waals surface area contributed by atoms with Crippen molar-refractivity contribution in [3.05, 3.63) is 48.5 Å². The Balaban J connectivity index is 1.79. The maximum Gasteiger partial charge on any atom is 0.256 e. The van der Waals surface area contributed by atoms with Gasteiger partial charge >= 0.3 is 0 Å². The van der Waals surface area contributed by atoms with Gasteiger partial charge in [-0.25, -0.2) is 19.3 Å². The number of carbonyl (C=O) groups excluding carboxylic acids is 1. The van der Waals surface area contributed by atoms with Gasteiger partial charge in [-0.2, -0.15) is 0 Å². The molecule has 0 fully saturated rings. The summed E-state index contributed by atoms with van der Waals surface area (Å²) in [6.07, 6.45) is 0.491. The summed E-state index contributed by atoms with van der Waals surface area (Å²) in [4.78, 5) is 25.4. The van der Waals surface area contributed by atoms with Crippen LogP contribution in [-0.2, 0) is 9.16 Å². The van der Waals surface area contributed by atoms with E-state index < -0.39 is 33.4 Å². The molecule has 3 atom stereocenters. The largest absolute Gasteiger partial charge is 0.409 e. The highest BCUT2D eigenvalue weighted by Crippen LogP contribution is 2.27. The summed E-state index contributed by atoms with van der Waals surface area (Å²) in [7, 11) is -2.10. The Bertz CT molecular complexity index is 1090. The topological polar surface area (TPSA) is 111 Å². The summed E-state index contributed by atoms with van der Waals surface area (Å²) in [5, 5.41) is 12.8. The number of imidazole rings is 1. The molecule has 0 aliphatic rings. The maximum atomic E-state index is 14.0. The molecule has 0 aliphatic heterocycles. The van der Waals surface area contributed by atoms with Crippen molar-refractivity contribution in [1.82, 2.24) is 19.5 Å². The van der Waals surface area contributed by atoms with Crippen molar-refractivity contribution in [2.24, 2.45) is 0 Å².